The van der Waals surface area contributed by atoms with Gasteiger partial charge in [0.25, 0.3) is 0 Å². The van der Waals surface area contributed by atoms with Crippen LogP contribution in [0.15, 0.2) is 53.9 Å². The van der Waals surface area contributed by atoms with E-state index in [-0.39, 0.29) is 37.6 Å². The van der Waals surface area contributed by atoms with Crippen LogP contribution in [0.4, 0.5) is 0 Å². The summed E-state index contributed by atoms with van der Waals surface area (Å²) in [6, 6.07) is 14.0. The van der Waals surface area contributed by atoms with Gasteiger partial charge in [-0.05, 0) is 54.1 Å². The molecule has 1 aliphatic heterocycles. The molecule has 2 amide bonds. The largest absolute Gasteiger partial charge is 0.497 e. The minimum absolute atomic E-state index is 0.0813. The van der Waals surface area contributed by atoms with Crippen LogP contribution in [-0.4, -0.2) is 43.8 Å². The summed E-state index contributed by atoms with van der Waals surface area (Å²) in [6.07, 6.45) is 5.40. The van der Waals surface area contributed by atoms with Gasteiger partial charge < -0.3 is 29.2 Å². The highest BCUT2D eigenvalue weighted by Gasteiger charge is 2.35. The molecular formula is C30H34N2O6S. The normalized spacial score (nSPS) is 15.4. The van der Waals surface area contributed by atoms with E-state index in [9.17, 15) is 9.59 Å². The molecule has 3 aromatic rings. The van der Waals surface area contributed by atoms with Gasteiger partial charge in [-0.2, -0.15) is 0 Å². The van der Waals surface area contributed by atoms with Gasteiger partial charge in [-0.15, -0.1) is 11.3 Å². The molecular weight excluding hydrogens is 516 g/mol. The Labute approximate surface area is 232 Å². The molecule has 9 heteroatoms. The lowest BCUT2D eigenvalue weighted by Gasteiger charge is -2.34. The average molecular weight is 551 g/mol. The van der Waals surface area contributed by atoms with Crippen LogP contribution in [0.1, 0.15) is 54.1 Å². The number of rotatable bonds is 10. The van der Waals surface area contributed by atoms with Crippen LogP contribution in [0.5, 0.6) is 23.0 Å². The van der Waals surface area contributed by atoms with Crippen molar-refractivity contribution >= 4 is 23.2 Å². The molecule has 0 radical (unpaired) electrons. The first kappa shape index (κ1) is 26.9. The molecule has 5 rings (SSSR count). The van der Waals surface area contributed by atoms with Gasteiger partial charge in [-0.1, -0.05) is 31.4 Å². The molecule has 2 aliphatic rings. The fourth-order valence-electron chi connectivity index (χ4n) is 5.25. The molecule has 1 N–H and O–H groups in total. The van der Waals surface area contributed by atoms with E-state index in [2.05, 4.69) is 5.32 Å². The Morgan fingerprint density at radius 3 is 2.59 bits per heavy atom. The zero-order valence-corrected chi connectivity index (χ0v) is 23.1. The van der Waals surface area contributed by atoms with E-state index in [0.717, 1.165) is 36.1 Å². The second-order valence-electron chi connectivity index (χ2n) is 9.82. The number of nitrogens with one attached hydrogen (secondary N) is 1. The Balaban J connectivity index is 1.55. The number of thiophene rings is 1. The first-order valence-electron chi connectivity index (χ1n) is 13.3. The Morgan fingerprint density at radius 2 is 1.85 bits per heavy atom. The topological polar surface area (TPSA) is 86.3 Å². The summed E-state index contributed by atoms with van der Waals surface area (Å²) in [7, 11) is 3.14. The number of benzene rings is 2. The molecule has 0 spiro atoms. The maximum absolute atomic E-state index is 14.1. The Kier molecular flexibility index (Phi) is 8.56. The quantitative estimate of drug-likeness (QED) is 0.371. The third kappa shape index (κ3) is 6.30. The van der Waals surface area contributed by atoms with Crippen molar-refractivity contribution < 1.29 is 28.5 Å². The van der Waals surface area contributed by atoms with E-state index in [4.69, 9.17) is 18.9 Å². The molecule has 0 saturated heterocycles. The highest BCUT2D eigenvalue weighted by atomic mass is 32.1. The first-order chi connectivity index (χ1) is 19.1. The van der Waals surface area contributed by atoms with Crippen LogP contribution in [0.3, 0.4) is 0 Å². The smallest absolute Gasteiger partial charge is 0.247 e. The summed E-state index contributed by atoms with van der Waals surface area (Å²) in [5.74, 6) is 2.01. The summed E-state index contributed by atoms with van der Waals surface area (Å²) >= 11 is 1.52. The van der Waals surface area contributed by atoms with Gasteiger partial charge >= 0.3 is 0 Å². The van der Waals surface area contributed by atoms with E-state index >= 15 is 0 Å². The molecule has 8 nitrogen and oxygen atoms in total. The zero-order chi connectivity index (χ0) is 27.2. The highest BCUT2D eigenvalue weighted by molar-refractivity contribution is 7.10. The third-order valence-electron chi connectivity index (χ3n) is 7.26. The number of fused-ring (bicyclic) bond motifs is 1. The van der Waals surface area contributed by atoms with Crippen LogP contribution in [-0.2, 0) is 22.6 Å². The summed E-state index contributed by atoms with van der Waals surface area (Å²) in [5, 5.41) is 5.21. The molecule has 1 saturated carbocycles. The molecule has 39 heavy (non-hydrogen) atoms. The number of amides is 2. The summed E-state index contributed by atoms with van der Waals surface area (Å²) < 4.78 is 22.2. The molecule has 1 atom stereocenters. The lowest BCUT2D eigenvalue weighted by Crippen LogP contribution is -2.47. The second-order valence-corrected chi connectivity index (χ2v) is 10.9. The molecule has 1 aliphatic carbocycles. The predicted molar refractivity (Wildman–Crippen MR) is 148 cm³/mol. The van der Waals surface area contributed by atoms with E-state index in [1.807, 2.05) is 41.8 Å². The molecule has 206 valence electrons. The van der Waals surface area contributed by atoms with Crippen molar-refractivity contribution in [1.29, 1.82) is 0 Å². The maximum Gasteiger partial charge on any atom is 0.247 e. The number of ether oxygens (including phenoxy) is 4. The van der Waals surface area contributed by atoms with Crippen molar-refractivity contribution in [1.82, 2.24) is 10.2 Å². The fourth-order valence-corrected chi connectivity index (χ4v) is 5.94. The van der Waals surface area contributed by atoms with Crippen molar-refractivity contribution in [2.24, 2.45) is 0 Å². The van der Waals surface area contributed by atoms with Gasteiger partial charge in [-0.3, -0.25) is 9.59 Å². The number of nitrogens with zero attached hydrogens (tertiary/aromatic N) is 1. The number of methoxy groups -OCH3 is 2. The zero-order valence-electron chi connectivity index (χ0n) is 22.3. The van der Waals surface area contributed by atoms with Crippen molar-refractivity contribution in [2.75, 3.05) is 21.0 Å². The van der Waals surface area contributed by atoms with Crippen LogP contribution < -0.4 is 24.3 Å². The Hall–Kier alpha value is -3.72. The van der Waals surface area contributed by atoms with Crippen molar-refractivity contribution in [3.8, 4) is 23.0 Å². The van der Waals surface area contributed by atoms with E-state index in [0.29, 0.717) is 28.6 Å². The Bertz CT molecular complexity index is 1290. The van der Waals surface area contributed by atoms with Gasteiger partial charge in [-0.25, -0.2) is 0 Å². The molecule has 2 aromatic carbocycles. The van der Waals surface area contributed by atoms with Gasteiger partial charge in [0, 0.05) is 29.1 Å². The molecule has 2 heterocycles. The standard InChI is InChI=1S/C30H34N2O6S/c1-35-22-11-12-24(26(16-22)36-2)29(30(34)31-21-7-4-3-5-8-21)32(28(33)17-23-9-6-14-39-23)18-20-10-13-25-27(15-20)38-19-37-25/h6,9-16,21,29H,3-5,7-8,17-19H2,1-2H3,(H,31,34)/t29-/m1/s1. The molecule has 1 fully saturated rings. The maximum atomic E-state index is 14.1. The van der Waals surface area contributed by atoms with Crippen molar-refractivity contribution in [3.63, 3.8) is 0 Å². The number of carbonyl (C=O) groups is 2. The number of hydrogen-bond donors (Lipinski definition) is 1. The SMILES string of the molecule is COc1ccc([C@H](C(=O)NC2CCCCC2)N(Cc2ccc3c(c2)OCO3)C(=O)Cc2cccs2)c(OC)c1. The van der Waals surface area contributed by atoms with Gasteiger partial charge in [0.2, 0.25) is 18.6 Å². The van der Waals surface area contributed by atoms with Crippen LogP contribution in [0, 0.1) is 0 Å². The van der Waals surface area contributed by atoms with E-state index in [1.165, 1.54) is 17.8 Å². The third-order valence-corrected chi connectivity index (χ3v) is 8.14. The van der Waals surface area contributed by atoms with Crippen molar-refractivity contribution in [3.05, 3.63) is 69.9 Å². The second kappa shape index (κ2) is 12.4. The highest BCUT2D eigenvalue weighted by Crippen LogP contribution is 2.37. The van der Waals surface area contributed by atoms with Gasteiger partial charge in [0.15, 0.2) is 11.5 Å². The van der Waals surface area contributed by atoms with Crippen LogP contribution in [0.25, 0.3) is 0 Å². The summed E-state index contributed by atoms with van der Waals surface area (Å²) in [4.78, 5) is 30.7. The molecule has 0 unspecified atom stereocenters. The Morgan fingerprint density at radius 1 is 1.03 bits per heavy atom. The minimum atomic E-state index is -0.911. The monoisotopic (exact) mass is 550 g/mol. The van der Waals surface area contributed by atoms with Crippen molar-refractivity contribution in [2.45, 2.75) is 57.2 Å². The van der Waals surface area contributed by atoms with E-state index < -0.39 is 6.04 Å². The lowest BCUT2D eigenvalue weighted by atomic mass is 9.94. The average Bonchev–Trinajstić information content (AvgIpc) is 3.65. The van der Waals surface area contributed by atoms with Crippen LogP contribution in [0.2, 0.25) is 0 Å². The molecule has 1 aromatic heterocycles. The first-order valence-corrected chi connectivity index (χ1v) is 14.2. The minimum Gasteiger partial charge on any atom is -0.497 e. The van der Waals surface area contributed by atoms with Crippen LogP contribution >= 0.6 is 11.3 Å². The summed E-state index contributed by atoms with van der Waals surface area (Å²) in [5.41, 5.74) is 1.44. The van der Waals surface area contributed by atoms with E-state index in [1.54, 1.807) is 31.3 Å². The number of hydrogen-bond acceptors (Lipinski definition) is 7. The summed E-state index contributed by atoms with van der Waals surface area (Å²) in [6.45, 7) is 0.369. The number of carbonyl (C=O) groups excluding carboxylic acids is 2. The van der Waals surface area contributed by atoms with Gasteiger partial charge in [0.05, 0.1) is 20.6 Å². The fraction of sp³-hybridized carbons (Fsp3) is 0.400. The molecule has 0 bridgehead atoms. The van der Waals surface area contributed by atoms with Gasteiger partial charge in [0.1, 0.15) is 17.5 Å². The predicted octanol–water partition coefficient (Wildman–Crippen LogP) is 5.26. The lowest BCUT2D eigenvalue weighted by molar-refractivity contribution is -0.141.